The molecule has 9 heteroatoms. The molecule has 0 aromatic heterocycles. The number of aldehydes is 1. The van der Waals surface area contributed by atoms with Crippen molar-refractivity contribution in [3.05, 3.63) is 0 Å². The summed E-state index contributed by atoms with van der Waals surface area (Å²) in [4.78, 5) is 10.4. The van der Waals surface area contributed by atoms with Gasteiger partial charge in [-0.25, -0.2) is 4.18 Å². The molecule has 0 aromatic rings. The lowest BCUT2D eigenvalue weighted by Crippen LogP contribution is -2.61. The maximum absolute atomic E-state index is 10.4. The highest BCUT2D eigenvalue weighted by molar-refractivity contribution is 7.80. The Kier molecular flexibility index (Phi) is 3.76. The molecule has 88 valence electrons. The quantitative estimate of drug-likeness (QED) is 0.356. The lowest BCUT2D eigenvalue weighted by molar-refractivity contribution is -0.252. The minimum absolute atomic E-state index is 0.0786. The third-order valence-corrected chi connectivity index (χ3v) is 2.39. The van der Waals surface area contributed by atoms with Crippen LogP contribution in [0, 0.1) is 0 Å². The third-order valence-electron chi connectivity index (χ3n) is 1.92. The second-order valence-corrected chi connectivity index (χ2v) is 3.98. The topological polar surface area (TPSA) is 130 Å². The molecule has 0 unspecified atom stereocenters. The predicted molar refractivity (Wildman–Crippen MR) is 44.2 cm³/mol. The van der Waals surface area contributed by atoms with Gasteiger partial charge < -0.3 is 19.7 Å². The molecular formula is C6H10O8S. The van der Waals surface area contributed by atoms with Gasteiger partial charge in [0.05, 0.1) is 6.61 Å². The van der Waals surface area contributed by atoms with Crippen LogP contribution in [0.1, 0.15) is 0 Å². The maximum atomic E-state index is 10.4. The van der Waals surface area contributed by atoms with Crippen LogP contribution >= 0.6 is 0 Å². The fraction of sp³-hybridized carbons (Fsp3) is 0.833. The molecule has 0 radical (unpaired) electrons. The van der Waals surface area contributed by atoms with Crippen molar-refractivity contribution in [2.24, 2.45) is 0 Å². The Balaban J connectivity index is 2.59. The van der Waals surface area contributed by atoms with Gasteiger partial charge in [0.1, 0.15) is 18.3 Å². The van der Waals surface area contributed by atoms with E-state index in [1.807, 2.05) is 0 Å². The molecule has 1 aliphatic rings. The molecule has 1 fully saturated rings. The van der Waals surface area contributed by atoms with E-state index in [2.05, 4.69) is 4.18 Å². The Morgan fingerprint density at radius 2 is 2.13 bits per heavy atom. The van der Waals surface area contributed by atoms with Gasteiger partial charge in [-0.05, 0) is 0 Å². The van der Waals surface area contributed by atoms with E-state index in [1.165, 1.54) is 0 Å². The predicted octanol–water partition coefficient (Wildman–Crippen LogP) is -2.51. The highest BCUT2D eigenvalue weighted by Gasteiger charge is 2.47. The Labute approximate surface area is 85.4 Å². The Bertz CT molecular complexity index is 324. The van der Waals surface area contributed by atoms with Crippen molar-refractivity contribution in [2.75, 3.05) is 6.61 Å². The first-order valence-corrected chi connectivity index (χ1v) is 5.31. The van der Waals surface area contributed by atoms with Crippen molar-refractivity contribution in [2.45, 2.75) is 24.4 Å². The number of hydrogen-bond donors (Lipinski definition) is 3. The first-order valence-electron chi connectivity index (χ1n) is 3.94. The molecule has 4 atom stereocenters. The van der Waals surface area contributed by atoms with Crippen molar-refractivity contribution in [3.8, 4) is 0 Å². The molecule has 1 heterocycles. The van der Waals surface area contributed by atoms with Gasteiger partial charge in [0.2, 0.25) is 0 Å². The van der Waals surface area contributed by atoms with E-state index in [4.69, 9.17) is 14.4 Å². The van der Waals surface area contributed by atoms with Crippen LogP contribution in [-0.2, 0) is 24.1 Å². The van der Waals surface area contributed by atoms with Crippen LogP contribution in [0.5, 0.6) is 0 Å². The van der Waals surface area contributed by atoms with Gasteiger partial charge in [-0.1, -0.05) is 0 Å². The van der Waals surface area contributed by atoms with E-state index in [1.54, 1.807) is 0 Å². The van der Waals surface area contributed by atoms with Gasteiger partial charge in [0.15, 0.2) is 12.4 Å². The van der Waals surface area contributed by atoms with Gasteiger partial charge in [-0.2, -0.15) is 8.42 Å². The number of ether oxygens (including phenoxy) is 1. The molecule has 0 bridgehead atoms. The number of rotatable bonds is 5. The number of aliphatic hydroxyl groups is 2. The second kappa shape index (κ2) is 4.51. The fourth-order valence-electron chi connectivity index (χ4n) is 1.20. The minimum atomic E-state index is -4.79. The average Bonchev–Trinajstić information content (AvgIpc) is 2.12. The number of carbonyl (C=O) groups excluding carboxylic acids is 1. The summed E-state index contributed by atoms with van der Waals surface area (Å²) in [5.41, 5.74) is 0. The molecule has 8 nitrogen and oxygen atoms in total. The van der Waals surface area contributed by atoms with Crippen molar-refractivity contribution < 1.29 is 36.9 Å². The van der Waals surface area contributed by atoms with E-state index in [-0.39, 0.29) is 6.29 Å². The van der Waals surface area contributed by atoms with Crippen LogP contribution in [0.3, 0.4) is 0 Å². The van der Waals surface area contributed by atoms with Gasteiger partial charge in [0.25, 0.3) is 0 Å². The summed E-state index contributed by atoms with van der Waals surface area (Å²) in [5, 5.41) is 17.8. The number of hydrogen-bond acceptors (Lipinski definition) is 7. The van der Waals surface area contributed by atoms with Crippen LogP contribution in [0.4, 0.5) is 0 Å². The molecular weight excluding hydrogens is 232 g/mol. The molecule has 0 amide bonds. The summed E-state index contributed by atoms with van der Waals surface area (Å²) in [6.45, 7) is -0.463. The molecule has 0 aliphatic carbocycles. The largest absolute Gasteiger partial charge is 0.398 e. The van der Waals surface area contributed by atoms with Crippen LogP contribution in [0.2, 0.25) is 0 Å². The van der Waals surface area contributed by atoms with Crippen LogP contribution in [0.25, 0.3) is 0 Å². The molecule has 0 saturated carbocycles. The summed E-state index contributed by atoms with van der Waals surface area (Å²) in [5.74, 6) is 0. The molecule has 1 aliphatic heterocycles. The van der Waals surface area contributed by atoms with Crippen molar-refractivity contribution >= 4 is 16.7 Å². The number of aliphatic hydroxyl groups excluding tert-OH is 2. The smallest absolute Gasteiger partial charge is 0.394 e. The zero-order valence-corrected chi connectivity index (χ0v) is 8.20. The third kappa shape index (κ3) is 2.93. The molecule has 15 heavy (non-hydrogen) atoms. The minimum Gasteiger partial charge on any atom is -0.394 e. The van der Waals surface area contributed by atoms with Gasteiger partial charge >= 0.3 is 10.4 Å². The Morgan fingerprint density at radius 3 is 2.47 bits per heavy atom. The lowest BCUT2D eigenvalue weighted by atomic mass is 9.97. The SMILES string of the molecule is O=C[C@H](OS(=O)(=O)O)[C@H]1O[C@H](CO)[C@@H]1O. The molecule has 1 rings (SSSR count). The standard InChI is InChI=1S/C6H10O8S/c7-1-3-5(9)6(13-3)4(2-8)14-15(10,11)12/h2-7,9H,1H2,(H,10,11,12)/t3-,4+,5+,6-/m1/s1. The first-order chi connectivity index (χ1) is 6.89. The molecule has 0 spiro atoms. The lowest BCUT2D eigenvalue weighted by Gasteiger charge is -2.42. The summed E-state index contributed by atoms with van der Waals surface area (Å²) >= 11 is 0. The average molecular weight is 242 g/mol. The highest BCUT2D eigenvalue weighted by atomic mass is 32.3. The van der Waals surface area contributed by atoms with E-state index >= 15 is 0 Å². The van der Waals surface area contributed by atoms with Gasteiger partial charge in [-0.3, -0.25) is 4.55 Å². The van der Waals surface area contributed by atoms with Crippen LogP contribution in [0.15, 0.2) is 0 Å². The van der Waals surface area contributed by atoms with Gasteiger partial charge in [0, 0.05) is 0 Å². The number of carbonyl (C=O) groups is 1. The Hall–Kier alpha value is -0.580. The highest BCUT2D eigenvalue weighted by Crippen LogP contribution is 2.25. The van der Waals surface area contributed by atoms with Gasteiger partial charge in [-0.15, -0.1) is 0 Å². The summed E-state index contributed by atoms with van der Waals surface area (Å²) < 4.78 is 37.6. The Morgan fingerprint density at radius 1 is 1.53 bits per heavy atom. The monoisotopic (exact) mass is 242 g/mol. The molecule has 1 saturated heterocycles. The van der Waals surface area contributed by atoms with E-state index in [9.17, 15) is 18.3 Å². The normalized spacial score (nSPS) is 33.1. The summed E-state index contributed by atoms with van der Waals surface area (Å²) in [6, 6.07) is 0. The van der Waals surface area contributed by atoms with Crippen molar-refractivity contribution in [1.82, 2.24) is 0 Å². The van der Waals surface area contributed by atoms with Crippen LogP contribution < -0.4 is 0 Å². The second-order valence-electron chi connectivity index (χ2n) is 2.94. The molecule has 3 N–H and O–H groups in total. The fourth-order valence-corrected chi connectivity index (χ4v) is 1.64. The van der Waals surface area contributed by atoms with E-state index in [0.717, 1.165) is 0 Å². The van der Waals surface area contributed by atoms with Crippen molar-refractivity contribution in [1.29, 1.82) is 0 Å². The zero-order chi connectivity index (χ0) is 11.6. The van der Waals surface area contributed by atoms with E-state index < -0.39 is 41.4 Å². The summed E-state index contributed by atoms with van der Waals surface area (Å²) in [7, 11) is -4.79. The first kappa shape index (κ1) is 12.5. The zero-order valence-electron chi connectivity index (χ0n) is 7.38. The summed E-state index contributed by atoms with van der Waals surface area (Å²) in [6.07, 6.45) is -4.84. The van der Waals surface area contributed by atoms with Crippen LogP contribution in [-0.4, -0.2) is 60.5 Å². The van der Waals surface area contributed by atoms with Crippen molar-refractivity contribution in [3.63, 3.8) is 0 Å². The molecule has 0 aromatic carbocycles. The maximum Gasteiger partial charge on any atom is 0.398 e. The van der Waals surface area contributed by atoms with E-state index in [0.29, 0.717) is 0 Å².